The van der Waals surface area contributed by atoms with Crippen molar-refractivity contribution in [2.24, 2.45) is 0 Å². The minimum atomic E-state index is -4.62. The number of benzene rings is 1. The normalized spacial score (nSPS) is 17.5. The van der Waals surface area contributed by atoms with E-state index in [9.17, 15) is 18.0 Å². The monoisotopic (exact) mass is 544 g/mol. The van der Waals surface area contributed by atoms with Gasteiger partial charge in [-0.15, -0.1) is 0 Å². The lowest BCUT2D eigenvalue weighted by Gasteiger charge is -2.24. The maximum Gasteiger partial charge on any atom is 0.417 e. The van der Waals surface area contributed by atoms with Gasteiger partial charge in [-0.2, -0.15) is 13.2 Å². The summed E-state index contributed by atoms with van der Waals surface area (Å²) in [5.41, 5.74) is -0.247. The topological polar surface area (TPSA) is 75.5 Å². The van der Waals surface area contributed by atoms with Crippen LogP contribution in [0.1, 0.15) is 32.0 Å². The number of pyridine rings is 1. The summed E-state index contributed by atoms with van der Waals surface area (Å²) in [4.78, 5) is 26.6. The first-order valence-electron chi connectivity index (χ1n) is 13.2. The molecule has 0 unspecified atom stereocenters. The molecule has 3 aromatic rings. The van der Waals surface area contributed by atoms with Gasteiger partial charge in [-0.05, 0) is 50.6 Å². The van der Waals surface area contributed by atoms with Crippen LogP contribution in [0, 0.1) is 0 Å². The third kappa shape index (κ3) is 5.88. The number of rotatable bonds is 9. The molecular weight excluding hydrogens is 509 g/mol. The minimum Gasteiger partial charge on any atom is -0.378 e. The molecule has 0 bridgehead atoms. The Morgan fingerprint density at radius 1 is 1.13 bits per heavy atom. The fourth-order valence-corrected chi connectivity index (χ4v) is 4.95. The van der Waals surface area contributed by atoms with E-state index in [2.05, 4.69) is 20.2 Å². The lowest BCUT2D eigenvalue weighted by molar-refractivity contribution is -0.137. The zero-order chi connectivity index (χ0) is 28.3. The zero-order valence-electron chi connectivity index (χ0n) is 22.9. The smallest absolute Gasteiger partial charge is 0.378 e. The van der Waals surface area contributed by atoms with Gasteiger partial charge in [0.15, 0.2) is 0 Å². The van der Waals surface area contributed by atoms with Crippen molar-refractivity contribution in [3.05, 3.63) is 64.2 Å². The first-order chi connectivity index (χ1) is 18.6. The summed E-state index contributed by atoms with van der Waals surface area (Å²) in [6.45, 7) is 7.27. The van der Waals surface area contributed by atoms with Crippen molar-refractivity contribution >= 4 is 17.2 Å². The number of alkyl halides is 3. The number of anilines is 3. The molecule has 1 aliphatic heterocycles. The van der Waals surface area contributed by atoms with Crippen LogP contribution in [0.2, 0.25) is 0 Å². The van der Waals surface area contributed by atoms with E-state index in [1.807, 2.05) is 32.0 Å². The Kier molecular flexibility index (Phi) is 8.48. The predicted molar refractivity (Wildman–Crippen MR) is 148 cm³/mol. The quantitative estimate of drug-likeness (QED) is 0.419. The fourth-order valence-electron chi connectivity index (χ4n) is 4.95. The van der Waals surface area contributed by atoms with E-state index in [1.54, 1.807) is 38.2 Å². The van der Waals surface area contributed by atoms with Crippen LogP contribution >= 0.6 is 0 Å². The molecule has 1 saturated heterocycles. The van der Waals surface area contributed by atoms with Gasteiger partial charge in [0.25, 0.3) is 5.56 Å². The summed E-state index contributed by atoms with van der Waals surface area (Å²) < 4.78 is 49.8. The second kappa shape index (κ2) is 11.6. The van der Waals surface area contributed by atoms with Gasteiger partial charge in [-0.3, -0.25) is 9.36 Å². The fraction of sp³-hybridized carbons (Fsp3) is 0.464. The molecule has 0 amide bonds. The number of ether oxygens (including phenoxy) is 1. The van der Waals surface area contributed by atoms with Gasteiger partial charge in [0.1, 0.15) is 17.3 Å². The minimum absolute atomic E-state index is 0.00502. The Morgan fingerprint density at radius 3 is 2.49 bits per heavy atom. The van der Waals surface area contributed by atoms with Crippen LogP contribution in [-0.4, -0.2) is 60.5 Å². The van der Waals surface area contributed by atoms with E-state index >= 15 is 0 Å². The molecule has 0 saturated carbocycles. The lowest BCUT2D eigenvalue weighted by Crippen LogP contribution is -2.38. The van der Waals surface area contributed by atoms with Gasteiger partial charge in [0.05, 0.1) is 23.4 Å². The Morgan fingerprint density at radius 2 is 1.90 bits per heavy atom. The van der Waals surface area contributed by atoms with E-state index < -0.39 is 17.3 Å². The van der Waals surface area contributed by atoms with Crippen LogP contribution < -0.4 is 20.7 Å². The SMILES string of the molecule is CCO[C@@H]1CN(c2ccccn2)C[C@H]1Nc1c(CC)nc(-c2ccc(N(C)C)cc2C(F)(F)F)n(CC)c1=O. The van der Waals surface area contributed by atoms with E-state index in [1.165, 1.54) is 10.6 Å². The summed E-state index contributed by atoms with van der Waals surface area (Å²) >= 11 is 0. The maximum atomic E-state index is 14.2. The number of hydrogen-bond donors (Lipinski definition) is 1. The van der Waals surface area contributed by atoms with Crippen molar-refractivity contribution in [3.8, 4) is 11.4 Å². The van der Waals surface area contributed by atoms with Crippen LogP contribution in [0.5, 0.6) is 0 Å². The third-order valence-corrected chi connectivity index (χ3v) is 6.91. The average molecular weight is 545 g/mol. The summed E-state index contributed by atoms with van der Waals surface area (Å²) in [5, 5.41) is 3.37. The van der Waals surface area contributed by atoms with Gasteiger partial charge in [0.2, 0.25) is 0 Å². The Bertz CT molecular complexity index is 1340. The molecule has 0 spiro atoms. The van der Waals surface area contributed by atoms with E-state index in [-0.39, 0.29) is 30.1 Å². The van der Waals surface area contributed by atoms with E-state index in [0.717, 1.165) is 11.9 Å². The Hall–Kier alpha value is -3.60. The molecular formula is C28H35F3N6O2. The van der Waals surface area contributed by atoms with Crippen molar-refractivity contribution in [2.75, 3.05) is 48.9 Å². The van der Waals surface area contributed by atoms with Crippen molar-refractivity contribution in [1.82, 2.24) is 14.5 Å². The summed E-state index contributed by atoms with van der Waals surface area (Å²) in [6, 6.07) is 9.53. The third-order valence-electron chi connectivity index (χ3n) is 6.91. The van der Waals surface area contributed by atoms with Crippen molar-refractivity contribution < 1.29 is 17.9 Å². The number of nitrogens with one attached hydrogen (secondary N) is 1. The largest absolute Gasteiger partial charge is 0.417 e. The highest BCUT2D eigenvalue weighted by Crippen LogP contribution is 2.39. The van der Waals surface area contributed by atoms with Crippen molar-refractivity contribution in [2.45, 2.75) is 52.1 Å². The zero-order valence-corrected chi connectivity index (χ0v) is 22.9. The Balaban J connectivity index is 1.78. The first-order valence-corrected chi connectivity index (χ1v) is 13.2. The highest BCUT2D eigenvalue weighted by Gasteiger charge is 2.37. The maximum absolute atomic E-state index is 14.2. The molecule has 11 heteroatoms. The van der Waals surface area contributed by atoms with Crippen LogP contribution in [0.25, 0.3) is 11.4 Å². The summed E-state index contributed by atoms with van der Waals surface area (Å²) in [6.07, 6.45) is -2.75. The van der Waals surface area contributed by atoms with Crippen LogP contribution in [-0.2, 0) is 23.9 Å². The van der Waals surface area contributed by atoms with Gasteiger partial charge in [-0.1, -0.05) is 13.0 Å². The number of nitrogens with zero attached hydrogens (tertiary/aromatic N) is 5. The molecule has 0 aliphatic carbocycles. The molecule has 8 nitrogen and oxygen atoms in total. The molecule has 1 N–H and O–H groups in total. The second-order valence-corrected chi connectivity index (χ2v) is 9.62. The summed E-state index contributed by atoms with van der Waals surface area (Å²) in [7, 11) is 3.36. The summed E-state index contributed by atoms with van der Waals surface area (Å²) in [5.74, 6) is 0.813. The molecule has 4 rings (SSSR count). The molecule has 3 heterocycles. The Labute approximate surface area is 226 Å². The molecule has 1 fully saturated rings. The highest BCUT2D eigenvalue weighted by atomic mass is 19.4. The second-order valence-electron chi connectivity index (χ2n) is 9.62. The number of halogens is 3. The standard InChI is InChI=1S/C28H35F3N6O2/c1-6-21-25(33-22-16-36(17-23(22)39-8-3)24-11-9-10-14-32-24)27(38)37(7-2)26(34-21)19-13-12-18(35(4)5)15-20(19)28(29,30)31/h9-15,22-23,33H,6-8,16-17H2,1-5H3/t22-,23-/m1/s1. The van der Waals surface area contributed by atoms with Gasteiger partial charge < -0.3 is 19.9 Å². The predicted octanol–water partition coefficient (Wildman–Crippen LogP) is 4.68. The number of hydrogen-bond acceptors (Lipinski definition) is 7. The molecule has 1 aromatic carbocycles. The van der Waals surface area contributed by atoms with Crippen LogP contribution in [0.15, 0.2) is 47.4 Å². The van der Waals surface area contributed by atoms with Gasteiger partial charge >= 0.3 is 6.18 Å². The molecule has 39 heavy (non-hydrogen) atoms. The van der Waals surface area contributed by atoms with E-state index in [4.69, 9.17) is 4.74 Å². The van der Waals surface area contributed by atoms with Crippen molar-refractivity contribution in [3.63, 3.8) is 0 Å². The van der Waals surface area contributed by atoms with Gasteiger partial charge in [-0.25, -0.2) is 9.97 Å². The van der Waals surface area contributed by atoms with Crippen LogP contribution in [0.3, 0.4) is 0 Å². The molecule has 210 valence electrons. The van der Waals surface area contributed by atoms with Crippen LogP contribution in [0.4, 0.5) is 30.4 Å². The number of aryl methyl sites for hydroxylation is 1. The molecule has 2 atom stereocenters. The van der Waals surface area contributed by atoms with Crippen molar-refractivity contribution in [1.29, 1.82) is 0 Å². The van der Waals surface area contributed by atoms with E-state index in [0.29, 0.717) is 43.2 Å². The number of aromatic nitrogens is 3. The average Bonchev–Trinajstić information content (AvgIpc) is 3.31. The molecule has 2 aromatic heterocycles. The molecule has 1 aliphatic rings. The lowest BCUT2D eigenvalue weighted by atomic mass is 10.0. The first kappa shape index (κ1) is 28.4. The molecule has 0 radical (unpaired) electrons. The highest BCUT2D eigenvalue weighted by molar-refractivity contribution is 5.68. The van der Waals surface area contributed by atoms with Gasteiger partial charge in [0, 0.05) is 57.8 Å².